The van der Waals surface area contributed by atoms with Crippen LogP contribution in [-0.4, -0.2) is 74.2 Å². The Balaban J connectivity index is 1.78. The Kier molecular flexibility index (Phi) is 8.47. The van der Waals surface area contributed by atoms with Gasteiger partial charge < -0.3 is 4.74 Å². The molecule has 31 heavy (non-hydrogen) atoms. The van der Waals surface area contributed by atoms with Crippen LogP contribution in [0, 0.1) is 0 Å². The minimum atomic E-state index is -3.95. The summed E-state index contributed by atoms with van der Waals surface area (Å²) in [4.78, 5) is 16.2. The molecule has 0 radical (unpaired) electrons. The molecular formula is C21H27N3O5S2. The number of nitrogens with zero attached hydrogens (tertiary/aromatic N) is 2. The van der Waals surface area contributed by atoms with Gasteiger partial charge >= 0.3 is 0 Å². The Labute approximate surface area is 187 Å². The van der Waals surface area contributed by atoms with Crippen molar-refractivity contribution in [2.75, 3.05) is 39.4 Å². The largest absolute Gasteiger partial charge is 0.379 e. The summed E-state index contributed by atoms with van der Waals surface area (Å²) in [6.07, 6.45) is 0. The van der Waals surface area contributed by atoms with Crippen molar-refractivity contribution in [1.29, 1.82) is 0 Å². The maximum absolute atomic E-state index is 13.4. The highest BCUT2D eigenvalue weighted by Gasteiger charge is 2.33. The summed E-state index contributed by atoms with van der Waals surface area (Å²) in [6.45, 7) is 4.66. The molecular weight excluding hydrogens is 438 g/mol. The minimum absolute atomic E-state index is 0.101. The van der Waals surface area contributed by atoms with Crippen LogP contribution in [0.1, 0.15) is 6.92 Å². The monoisotopic (exact) mass is 465 g/mol. The lowest BCUT2D eigenvalue weighted by Gasteiger charge is -2.31. The van der Waals surface area contributed by atoms with Gasteiger partial charge in [-0.05, 0) is 43.3 Å². The molecule has 1 amide bonds. The topological polar surface area (TPSA) is 99.2 Å². The summed E-state index contributed by atoms with van der Waals surface area (Å²) in [7, 11) is -3.95. The first kappa shape index (κ1) is 23.7. The van der Waals surface area contributed by atoms with Gasteiger partial charge in [0.2, 0.25) is 10.0 Å². The number of nitrogens with one attached hydrogen (secondary N) is 1. The third-order valence-electron chi connectivity index (χ3n) is 5.07. The molecule has 0 aliphatic carbocycles. The molecule has 0 bridgehead atoms. The highest BCUT2D eigenvalue weighted by Crippen LogP contribution is 2.29. The fraction of sp³-hybridized carbons (Fsp3) is 0.381. The quantitative estimate of drug-likeness (QED) is 0.432. The van der Waals surface area contributed by atoms with Crippen molar-refractivity contribution < 1.29 is 23.2 Å². The number of morpholine rings is 1. The number of hydrogen-bond acceptors (Lipinski definition) is 7. The molecule has 2 aromatic carbocycles. The van der Waals surface area contributed by atoms with E-state index in [0.717, 1.165) is 14.1 Å². The summed E-state index contributed by atoms with van der Waals surface area (Å²) >= 11 is 1.54. The van der Waals surface area contributed by atoms with Gasteiger partial charge in [0.1, 0.15) is 6.04 Å². The molecule has 168 valence electrons. The van der Waals surface area contributed by atoms with E-state index in [4.69, 9.17) is 9.94 Å². The van der Waals surface area contributed by atoms with Crippen LogP contribution in [0.3, 0.4) is 0 Å². The lowest BCUT2D eigenvalue weighted by Crippen LogP contribution is -2.50. The minimum Gasteiger partial charge on any atom is -0.379 e. The molecule has 1 saturated heterocycles. The van der Waals surface area contributed by atoms with E-state index in [1.165, 1.54) is 18.7 Å². The molecule has 10 heteroatoms. The number of ether oxygens (including phenoxy) is 1. The van der Waals surface area contributed by atoms with Crippen molar-refractivity contribution >= 4 is 27.7 Å². The number of hydrogen-bond donors (Lipinski definition) is 2. The number of amides is 1. The summed E-state index contributed by atoms with van der Waals surface area (Å²) in [6, 6.07) is 15.3. The number of hydroxylamine groups is 1. The fourth-order valence-electron chi connectivity index (χ4n) is 3.25. The molecule has 1 aliphatic rings. The van der Waals surface area contributed by atoms with Crippen molar-refractivity contribution in [2.24, 2.45) is 0 Å². The second kappa shape index (κ2) is 11.1. The SMILES string of the molecule is C[C@H](C(=O)NO)N(CCN1CCOCC1)S(=O)(=O)c1ccc(Sc2ccccc2)cc1. The second-order valence-electron chi connectivity index (χ2n) is 7.11. The predicted molar refractivity (Wildman–Crippen MR) is 118 cm³/mol. The molecule has 1 aliphatic heterocycles. The molecule has 1 heterocycles. The maximum Gasteiger partial charge on any atom is 0.261 e. The molecule has 2 N–H and O–H groups in total. The smallest absolute Gasteiger partial charge is 0.261 e. The molecule has 0 spiro atoms. The zero-order valence-electron chi connectivity index (χ0n) is 17.3. The first-order valence-electron chi connectivity index (χ1n) is 10.0. The van der Waals surface area contributed by atoms with E-state index in [1.807, 2.05) is 30.3 Å². The van der Waals surface area contributed by atoms with Gasteiger partial charge in [-0.2, -0.15) is 4.31 Å². The number of carbonyl (C=O) groups is 1. The Morgan fingerprint density at radius 2 is 1.74 bits per heavy atom. The Morgan fingerprint density at radius 1 is 1.13 bits per heavy atom. The van der Waals surface area contributed by atoms with E-state index in [9.17, 15) is 13.2 Å². The van der Waals surface area contributed by atoms with Gasteiger partial charge in [0.15, 0.2) is 0 Å². The highest BCUT2D eigenvalue weighted by atomic mass is 32.2. The fourth-order valence-corrected chi connectivity index (χ4v) is 5.67. The normalized spacial score (nSPS) is 16.2. The van der Waals surface area contributed by atoms with Crippen molar-refractivity contribution in [3.63, 3.8) is 0 Å². The van der Waals surface area contributed by atoms with E-state index in [2.05, 4.69) is 4.90 Å². The van der Waals surface area contributed by atoms with Gasteiger partial charge in [-0.3, -0.25) is 14.9 Å². The molecule has 2 aromatic rings. The molecule has 8 nitrogen and oxygen atoms in total. The Morgan fingerprint density at radius 3 is 2.35 bits per heavy atom. The lowest BCUT2D eigenvalue weighted by atomic mass is 10.3. The Bertz CT molecular complexity index is 949. The highest BCUT2D eigenvalue weighted by molar-refractivity contribution is 7.99. The molecule has 0 saturated carbocycles. The molecule has 0 unspecified atom stereocenters. The maximum atomic E-state index is 13.4. The third-order valence-corrected chi connectivity index (χ3v) is 8.07. The van der Waals surface area contributed by atoms with Crippen molar-refractivity contribution in [1.82, 2.24) is 14.7 Å². The summed E-state index contributed by atoms with van der Waals surface area (Å²) < 4.78 is 33.2. The first-order chi connectivity index (χ1) is 14.9. The van der Waals surface area contributed by atoms with Crippen molar-refractivity contribution in [3.8, 4) is 0 Å². The van der Waals surface area contributed by atoms with Crippen LogP contribution in [-0.2, 0) is 19.6 Å². The van der Waals surface area contributed by atoms with Gasteiger partial charge in [-0.1, -0.05) is 30.0 Å². The average Bonchev–Trinajstić information content (AvgIpc) is 2.80. The van der Waals surface area contributed by atoms with Gasteiger partial charge in [-0.15, -0.1) is 0 Å². The molecule has 0 aromatic heterocycles. The van der Waals surface area contributed by atoms with E-state index in [0.29, 0.717) is 32.8 Å². The zero-order valence-corrected chi connectivity index (χ0v) is 18.9. The van der Waals surface area contributed by atoms with Gasteiger partial charge in [-0.25, -0.2) is 13.9 Å². The standard InChI is InChI=1S/C21H27N3O5S2/c1-17(21(25)22-26)24(12-11-23-13-15-29-16-14-23)31(27,28)20-9-7-19(8-10-20)30-18-5-3-2-4-6-18/h2-10,17,26H,11-16H2,1H3,(H,22,25)/t17-/m1/s1. The number of carbonyl (C=O) groups excluding carboxylic acids is 1. The number of sulfonamides is 1. The van der Waals surface area contributed by atoms with Crippen molar-refractivity contribution in [2.45, 2.75) is 27.7 Å². The van der Waals surface area contributed by atoms with Crippen LogP contribution in [0.25, 0.3) is 0 Å². The van der Waals surface area contributed by atoms with Crippen LogP contribution < -0.4 is 5.48 Å². The summed E-state index contributed by atoms with van der Waals surface area (Å²) in [5.74, 6) is -0.776. The van der Waals surface area contributed by atoms with Crippen LogP contribution >= 0.6 is 11.8 Å². The predicted octanol–water partition coefficient (Wildman–Crippen LogP) is 2.05. The van der Waals surface area contributed by atoms with Crippen molar-refractivity contribution in [3.05, 3.63) is 54.6 Å². The molecule has 1 atom stereocenters. The van der Waals surface area contributed by atoms with Crippen LogP contribution in [0.2, 0.25) is 0 Å². The lowest BCUT2D eigenvalue weighted by molar-refractivity contribution is -0.132. The average molecular weight is 466 g/mol. The Hall–Kier alpha value is -1.95. The first-order valence-corrected chi connectivity index (χ1v) is 12.3. The van der Waals surface area contributed by atoms with E-state index >= 15 is 0 Å². The van der Waals surface area contributed by atoms with E-state index < -0.39 is 22.0 Å². The number of rotatable bonds is 9. The van der Waals surface area contributed by atoms with E-state index in [1.54, 1.807) is 29.7 Å². The number of benzene rings is 2. The summed E-state index contributed by atoms with van der Waals surface area (Å²) in [5, 5.41) is 9.03. The van der Waals surface area contributed by atoms with Crippen LogP contribution in [0.5, 0.6) is 0 Å². The zero-order chi connectivity index (χ0) is 22.3. The van der Waals surface area contributed by atoms with Crippen LogP contribution in [0.15, 0.2) is 69.3 Å². The molecule has 3 rings (SSSR count). The third kappa shape index (κ3) is 6.28. The van der Waals surface area contributed by atoms with E-state index in [-0.39, 0.29) is 11.4 Å². The second-order valence-corrected chi connectivity index (χ2v) is 10.1. The summed E-state index contributed by atoms with van der Waals surface area (Å²) in [5.41, 5.74) is 1.56. The van der Waals surface area contributed by atoms with Crippen LogP contribution in [0.4, 0.5) is 0 Å². The van der Waals surface area contributed by atoms with Gasteiger partial charge in [0.25, 0.3) is 5.91 Å². The molecule has 1 fully saturated rings. The van der Waals surface area contributed by atoms with Gasteiger partial charge in [0.05, 0.1) is 18.1 Å². The van der Waals surface area contributed by atoms with Gasteiger partial charge in [0, 0.05) is 36.0 Å².